The zero-order chi connectivity index (χ0) is 15.4. The van der Waals surface area contributed by atoms with Gasteiger partial charge in [-0.2, -0.15) is 0 Å². The molecular formula is C15H27N5O. The van der Waals surface area contributed by atoms with Gasteiger partial charge < -0.3 is 15.8 Å². The molecule has 2 unspecified atom stereocenters. The average Bonchev–Trinajstić information content (AvgIpc) is 2.47. The molecule has 1 aromatic heterocycles. The number of rotatable bonds is 5. The molecule has 5 N–H and O–H groups in total. The smallest absolute Gasteiger partial charge is 0.148 e. The molecule has 0 spiro atoms. The SMILES string of the molecule is Cc1c(NN)nc(C(C)C)nc1NCC1CCCCC1O. The van der Waals surface area contributed by atoms with Gasteiger partial charge in [0.2, 0.25) is 0 Å². The minimum absolute atomic E-state index is 0.204. The van der Waals surface area contributed by atoms with Crippen molar-refractivity contribution >= 4 is 11.6 Å². The lowest BCUT2D eigenvalue weighted by molar-refractivity contribution is 0.0763. The van der Waals surface area contributed by atoms with E-state index in [2.05, 4.69) is 34.6 Å². The van der Waals surface area contributed by atoms with Crippen molar-refractivity contribution in [2.24, 2.45) is 11.8 Å². The van der Waals surface area contributed by atoms with E-state index >= 15 is 0 Å². The summed E-state index contributed by atoms with van der Waals surface area (Å²) in [5, 5.41) is 13.4. The van der Waals surface area contributed by atoms with Crippen LogP contribution in [0.2, 0.25) is 0 Å². The van der Waals surface area contributed by atoms with Gasteiger partial charge in [0.1, 0.15) is 17.5 Å². The standard InChI is InChI=1S/C15H27N5O/c1-9(2)13-18-14(10(3)15(19-13)20-16)17-8-11-6-4-5-7-12(11)21/h9,11-12,21H,4-8,16H2,1-3H3,(H2,17,18,19,20). The second-order valence-electron chi connectivity index (χ2n) is 6.20. The van der Waals surface area contributed by atoms with Crippen LogP contribution in [0, 0.1) is 12.8 Å². The molecule has 1 heterocycles. The highest BCUT2D eigenvalue weighted by Crippen LogP contribution is 2.26. The first kappa shape index (κ1) is 16.0. The Hall–Kier alpha value is -1.40. The Morgan fingerprint density at radius 3 is 2.52 bits per heavy atom. The summed E-state index contributed by atoms with van der Waals surface area (Å²) >= 11 is 0. The van der Waals surface area contributed by atoms with Crippen LogP contribution in [0.3, 0.4) is 0 Å². The molecule has 118 valence electrons. The van der Waals surface area contributed by atoms with Crippen LogP contribution in [0.25, 0.3) is 0 Å². The number of nitrogens with one attached hydrogen (secondary N) is 2. The van der Waals surface area contributed by atoms with Crippen LogP contribution in [0.15, 0.2) is 0 Å². The quantitative estimate of drug-likeness (QED) is 0.491. The predicted molar refractivity (Wildman–Crippen MR) is 85.1 cm³/mol. The maximum absolute atomic E-state index is 10.1. The highest BCUT2D eigenvalue weighted by molar-refractivity contribution is 5.56. The van der Waals surface area contributed by atoms with Crippen LogP contribution in [0.5, 0.6) is 0 Å². The molecule has 6 heteroatoms. The van der Waals surface area contributed by atoms with Crippen LogP contribution >= 0.6 is 0 Å². The topological polar surface area (TPSA) is 96.1 Å². The van der Waals surface area contributed by atoms with E-state index in [1.165, 1.54) is 6.42 Å². The van der Waals surface area contributed by atoms with E-state index in [0.29, 0.717) is 11.7 Å². The number of nitrogens with zero attached hydrogens (tertiary/aromatic N) is 2. The lowest BCUT2D eigenvalue weighted by Crippen LogP contribution is -2.30. The van der Waals surface area contributed by atoms with Gasteiger partial charge in [0.05, 0.1) is 6.10 Å². The van der Waals surface area contributed by atoms with Gasteiger partial charge in [-0.3, -0.25) is 0 Å². The molecule has 2 rings (SSSR count). The fraction of sp³-hybridized carbons (Fsp3) is 0.733. The Kier molecular flexibility index (Phi) is 5.36. The minimum atomic E-state index is -0.204. The Balaban J connectivity index is 2.12. The molecule has 0 saturated heterocycles. The van der Waals surface area contributed by atoms with Crippen LogP contribution in [-0.4, -0.2) is 27.7 Å². The van der Waals surface area contributed by atoms with Gasteiger partial charge in [0.15, 0.2) is 0 Å². The molecular weight excluding hydrogens is 266 g/mol. The number of hydrogen-bond donors (Lipinski definition) is 4. The number of nitrogens with two attached hydrogens (primary N) is 1. The van der Waals surface area contributed by atoms with Gasteiger partial charge in [-0.15, -0.1) is 0 Å². The summed E-state index contributed by atoms with van der Waals surface area (Å²) in [6.07, 6.45) is 4.09. The number of hydrogen-bond acceptors (Lipinski definition) is 6. The van der Waals surface area contributed by atoms with Crippen molar-refractivity contribution in [1.29, 1.82) is 0 Å². The molecule has 1 aromatic rings. The van der Waals surface area contributed by atoms with E-state index < -0.39 is 0 Å². The monoisotopic (exact) mass is 293 g/mol. The number of aliphatic hydroxyl groups is 1. The van der Waals surface area contributed by atoms with Crippen LogP contribution in [0.1, 0.15) is 56.8 Å². The van der Waals surface area contributed by atoms with Crippen molar-refractivity contribution in [2.45, 2.75) is 58.5 Å². The summed E-state index contributed by atoms with van der Waals surface area (Å²) in [7, 11) is 0. The normalized spacial score (nSPS) is 22.4. The second-order valence-corrected chi connectivity index (χ2v) is 6.20. The maximum Gasteiger partial charge on any atom is 0.148 e. The molecule has 0 aliphatic heterocycles. The molecule has 1 aliphatic carbocycles. The van der Waals surface area contributed by atoms with E-state index in [9.17, 15) is 5.11 Å². The first-order valence-electron chi connectivity index (χ1n) is 7.80. The van der Waals surface area contributed by atoms with Crippen molar-refractivity contribution in [3.05, 3.63) is 11.4 Å². The molecule has 21 heavy (non-hydrogen) atoms. The number of nitrogen functional groups attached to an aromatic ring is 1. The van der Waals surface area contributed by atoms with E-state index in [1.807, 2.05) is 6.92 Å². The third-order valence-corrected chi connectivity index (χ3v) is 4.22. The third-order valence-electron chi connectivity index (χ3n) is 4.22. The highest BCUT2D eigenvalue weighted by atomic mass is 16.3. The lowest BCUT2D eigenvalue weighted by atomic mass is 9.86. The maximum atomic E-state index is 10.1. The minimum Gasteiger partial charge on any atom is -0.393 e. The molecule has 1 saturated carbocycles. The molecule has 0 bridgehead atoms. The fourth-order valence-corrected chi connectivity index (χ4v) is 2.76. The molecule has 1 aliphatic rings. The summed E-state index contributed by atoms with van der Waals surface area (Å²) in [5.74, 6) is 8.29. The van der Waals surface area contributed by atoms with Crippen LogP contribution in [-0.2, 0) is 0 Å². The van der Waals surface area contributed by atoms with Gasteiger partial charge >= 0.3 is 0 Å². The van der Waals surface area contributed by atoms with Gasteiger partial charge in [-0.25, -0.2) is 15.8 Å². The van der Waals surface area contributed by atoms with Gasteiger partial charge in [-0.1, -0.05) is 26.7 Å². The number of aromatic nitrogens is 2. The first-order chi connectivity index (χ1) is 10.0. The Bertz CT molecular complexity index is 477. The summed E-state index contributed by atoms with van der Waals surface area (Å²) < 4.78 is 0. The number of hydrazine groups is 1. The van der Waals surface area contributed by atoms with Crippen molar-refractivity contribution in [3.63, 3.8) is 0 Å². The molecule has 0 radical (unpaired) electrons. The zero-order valence-corrected chi connectivity index (χ0v) is 13.2. The van der Waals surface area contributed by atoms with E-state index in [0.717, 1.165) is 43.0 Å². The van der Waals surface area contributed by atoms with Gasteiger partial charge in [0, 0.05) is 23.9 Å². The Morgan fingerprint density at radius 2 is 1.90 bits per heavy atom. The van der Waals surface area contributed by atoms with E-state index in [4.69, 9.17) is 5.84 Å². The van der Waals surface area contributed by atoms with Gasteiger partial charge in [0.25, 0.3) is 0 Å². The van der Waals surface area contributed by atoms with Crippen LogP contribution < -0.4 is 16.6 Å². The molecule has 1 fully saturated rings. The summed E-state index contributed by atoms with van der Waals surface area (Å²) in [5.41, 5.74) is 3.55. The third kappa shape index (κ3) is 3.83. The number of aliphatic hydroxyl groups excluding tert-OH is 1. The van der Waals surface area contributed by atoms with Crippen molar-refractivity contribution in [2.75, 3.05) is 17.3 Å². The van der Waals surface area contributed by atoms with Crippen molar-refractivity contribution in [3.8, 4) is 0 Å². The molecule has 0 amide bonds. The summed E-state index contributed by atoms with van der Waals surface area (Å²) in [6.45, 7) is 6.79. The fourth-order valence-electron chi connectivity index (χ4n) is 2.76. The Morgan fingerprint density at radius 1 is 1.24 bits per heavy atom. The predicted octanol–water partition coefficient (Wildman–Crippen LogP) is 2.16. The average molecular weight is 293 g/mol. The Labute approximate surface area is 126 Å². The molecule has 6 nitrogen and oxygen atoms in total. The number of anilines is 2. The largest absolute Gasteiger partial charge is 0.393 e. The van der Waals surface area contributed by atoms with E-state index in [-0.39, 0.29) is 12.0 Å². The summed E-state index contributed by atoms with van der Waals surface area (Å²) in [6, 6.07) is 0. The van der Waals surface area contributed by atoms with Gasteiger partial charge in [-0.05, 0) is 19.8 Å². The molecule has 0 aromatic carbocycles. The van der Waals surface area contributed by atoms with Crippen molar-refractivity contribution in [1.82, 2.24) is 9.97 Å². The highest BCUT2D eigenvalue weighted by Gasteiger charge is 2.23. The first-order valence-corrected chi connectivity index (χ1v) is 7.80. The van der Waals surface area contributed by atoms with Crippen LogP contribution in [0.4, 0.5) is 11.6 Å². The van der Waals surface area contributed by atoms with Crippen molar-refractivity contribution < 1.29 is 5.11 Å². The molecule has 2 atom stereocenters. The lowest BCUT2D eigenvalue weighted by Gasteiger charge is -2.28. The zero-order valence-electron chi connectivity index (χ0n) is 13.2. The summed E-state index contributed by atoms with van der Waals surface area (Å²) in [4.78, 5) is 9.01. The second kappa shape index (κ2) is 7.04. The van der Waals surface area contributed by atoms with E-state index in [1.54, 1.807) is 0 Å².